The van der Waals surface area contributed by atoms with Crippen LogP contribution in [0.3, 0.4) is 0 Å². The van der Waals surface area contributed by atoms with Gasteiger partial charge in [0.15, 0.2) is 6.10 Å². The van der Waals surface area contributed by atoms with Crippen LogP contribution >= 0.6 is 0 Å². The van der Waals surface area contributed by atoms with Gasteiger partial charge in [0.05, 0.1) is 6.61 Å². The van der Waals surface area contributed by atoms with E-state index in [1.165, 1.54) is 0 Å². The Morgan fingerprint density at radius 1 is 1.00 bits per heavy atom. The molecule has 1 amide bonds. The van der Waals surface area contributed by atoms with Crippen molar-refractivity contribution < 1.29 is 35.4 Å². The molecule has 1 rings (SSSR count). The van der Waals surface area contributed by atoms with Crippen LogP contribution in [0.15, 0.2) is 0 Å². The number of hydrogen-bond acceptors (Lipinski definition) is 7. The Morgan fingerprint density at radius 3 is 2.05 bits per heavy atom. The van der Waals surface area contributed by atoms with Gasteiger partial charge in [-0.25, -0.2) is 0 Å². The first-order chi connectivity index (χ1) is 9.38. The van der Waals surface area contributed by atoms with Crippen molar-refractivity contribution in [3.05, 3.63) is 0 Å². The van der Waals surface area contributed by atoms with E-state index < -0.39 is 43.0 Å². The largest absolute Gasteiger partial charge is 0.394 e. The Bertz CT molecular complexity index is 308. The molecule has 0 aromatic carbocycles. The highest BCUT2D eigenvalue weighted by Crippen LogP contribution is 2.18. The third-order valence-electron chi connectivity index (χ3n) is 3.57. The average molecular weight is 293 g/mol. The summed E-state index contributed by atoms with van der Waals surface area (Å²) in [6.45, 7) is -0.824. The molecule has 7 N–H and O–H groups in total. The van der Waals surface area contributed by atoms with Gasteiger partial charge >= 0.3 is 0 Å². The first kappa shape index (κ1) is 17.3. The van der Waals surface area contributed by atoms with Crippen LogP contribution in [0.2, 0.25) is 0 Å². The summed E-state index contributed by atoms with van der Waals surface area (Å²) >= 11 is 0. The van der Waals surface area contributed by atoms with Crippen LogP contribution in [0.25, 0.3) is 0 Å². The summed E-state index contributed by atoms with van der Waals surface area (Å²) in [5.74, 6) is -0.839. The molecule has 20 heavy (non-hydrogen) atoms. The van der Waals surface area contributed by atoms with Gasteiger partial charge in [-0.15, -0.1) is 0 Å². The fraction of sp³-hybridized carbons (Fsp3) is 0.917. The summed E-state index contributed by atoms with van der Waals surface area (Å²) in [7, 11) is 0. The molecule has 1 fully saturated rings. The summed E-state index contributed by atoms with van der Waals surface area (Å²) in [6, 6.07) is -0.0607. The van der Waals surface area contributed by atoms with Gasteiger partial charge in [0.2, 0.25) is 0 Å². The number of aliphatic hydroxyl groups excluding tert-OH is 6. The molecular weight excluding hydrogens is 270 g/mol. The zero-order valence-corrected chi connectivity index (χ0v) is 11.1. The van der Waals surface area contributed by atoms with E-state index in [-0.39, 0.29) is 6.04 Å². The lowest BCUT2D eigenvalue weighted by Crippen LogP contribution is -2.54. The second-order valence-electron chi connectivity index (χ2n) is 5.16. The van der Waals surface area contributed by atoms with Crippen molar-refractivity contribution in [3.8, 4) is 0 Å². The van der Waals surface area contributed by atoms with Gasteiger partial charge < -0.3 is 36.0 Å². The molecule has 1 aliphatic rings. The number of carbonyl (C=O) groups is 1. The Morgan fingerprint density at radius 2 is 1.55 bits per heavy atom. The van der Waals surface area contributed by atoms with Crippen LogP contribution in [0.4, 0.5) is 0 Å². The van der Waals surface area contributed by atoms with E-state index in [9.17, 15) is 25.2 Å². The first-order valence-corrected chi connectivity index (χ1v) is 6.70. The maximum absolute atomic E-state index is 11.7. The van der Waals surface area contributed by atoms with E-state index in [0.29, 0.717) is 0 Å². The quantitative estimate of drug-likeness (QED) is 0.262. The van der Waals surface area contributed by atoms with Crippen molar-refractivity contribution in [2.24, 2.45) is 0 Å². The van der Waals surface area contributed by atoms with Crippen LogP contribution in [0, 0.1) is 0 Å². The third kappa shape index (κ3) is 4.37. The third-order valence-corrected chi connectivity index (χ3v) is 3.57. The molecule has 1 saturated carbocycles. The van der Waals surface area contributed by atoms with E-state index in [1.54, 1.807) is 0 Å². The number of aliphatic hydroxyl groups is 6. The average Bonchev–Trinajstić information content (AvgIpc) is 2.95. The van der Waals surface area contributed by atoms with Crippen LogP contribution in [0.5, 0.6) is 0 Å². The second kappa shape index (κ2) is 7.87. The molecule has 5 atom stereocenters. The minimum atomic E-state index is -1.97. The normalized spacial score (nSPS) is 23.9. The summed E-state index contributed by atoms with van der Waals surface area (Å²) in [5.41, 5.74) is 0. The SMILES string of the molecule is O=C(NC1CCCC1)[C@H](O)[C@H](O)[C@@H](O)[C@H](O)[C@H](O)CO. The van der Waals surface area contributed by atoms with Crippen molar-refractivity contribution in [1.82, 2.24) is 5.32 Å². The number of hydrogen-bond donors (Lipinski definition) is 7. The van der Waals surface area contributed by atoms with Crippen molar-refractivity contribution in [3.63, 3.8) is 0 Å². The van der Waals surface area contributed by atoms with E-state index in [2.05, 4.69) is 5.32 Å². The molecule has 0 unspecified atom stereocenters. The highest BCUT2D eigenvalue weighted by Gasteiger charge is 2.37. The van der Waals surface area contributed by atoms with E-state index in [4.69, 9.17) is 10.2 Å². The second-order valence-corrected chi connectivity index (χ2v) is 5.16. The van der Waals surface area contributed by atoms with Crippen molar-refractivity contribution in [1.29, 1.82) is 0 Å². The number of carbonyl (C=O) groups excluding carboxylic acids is 1. The Kier molecular flexibility index (Phi) is 6.80. The highest BCUT2D eigenvalue weighted by atomic mass is 16.4. The van der Waals surface area contributed by atoms with Crippen LogP contribution in [0.1, 0.15) is 25.7 Å². The number of amides is 1. The molecule has 0 heterocycles. The summed E-state index contributed by atoms with van der Waals surface area (Å²) in [6.07, 6.45) is -5.85. The van der Waals surface area contributed by atoms with Gasteiger partial charge in [-0.1, -0.05) is 12.8 Å². The molecule has 0 aromatic heterocycles. The van der Waals surface area contributed by atoms with Gasteiger partial charge in [-0.05, 0) is 12.8 Å². The van der Waals surface area contributed by atoms with Crippen LogP contribution in [-0.4, -0.2) is 79.7 Å². The summed E-state index contributed by atoms with van der Waals surface area (Å²) in [5, 5.41) is 58.6. The molecule has 0 spiro atoms. The maximum Gasteiger partial charge on any atom is 0.251 e. The molecule has 8 nitrogen and oxygen atoms in total. The minimum Gasteiger partial charge on any atom is -0.394 e. The molecule has 1 aliphatic carbocycles. The molecule has 0 bridgehead atoms. The lowest BCUT2D eigenvalue weighted by molar-refractivity contribution is -0.157. The van der Waals surface area contributed by atoms with Crippen molar-refractivity contribution >= 4 is 5.91 Å². The lowest BCUT2D eigenvalue weighted by atomic mass is 9.99. The lowest BCUT2D eigenvalue weighted by Gasteiger charge is -2.28. The Labute approximate surface area is 116 Å². The van der Waals surface area contributed by atoms with Gasteiger partial charge in [-0.3, -0.25) is 4.79 Å². The Balaban J connectivity index is 2.51. The molecule has 0 aliphatic heterocycles. The first-order valence-electron chi connectivity index (χ1n) is 6.70. The topological polar surface area (TPSA) is 150 Å². The van der Waals surface area contributed by atoms with Crippen LogP contribution in [-0.2, 0) is 4.79 Å². The predicted octanol–water partition coefficient (Wildman–Crippen LogP) is -3.16. The Hall–Kier alpha value is -0.770. The predicted molar refractivity (Wildman–Crippen MR) is 67.5 cm³/mol. The fourth-order valence-corrected chi connectivity index (χ4v) is 2.24. The maximum atomic E-state index is 11.7. The zero-order chi connectivity index (χ0) is 15.3. The number of nitrogens with one attached hydrogen (secondary N) is 1. The standard InChI is InChI=1S/C12H23NO7/c14-5-7(15)8(16)9(17)10(18)11(19)12(20)13-6-3-1-2-4-6/h6-11,14-19H,1-5H2,(H,13,20)/t7-,8-,9+,10-,11-/m1/s1. The van der Waals surface area contributed by atoms with Crippen molar-refractivity contribution in [2.75, 3.05) is 6.61 Å². The summed E-state index contributed by atoms with van der Waals surface area (Å²) < 4.78 is 0. The van der Waals surface area contributed by atoms with Gasteiger partial charge in [0, 0.05) is 6.04 Å². The van der Waals surface area contributed by atoms with E-state index in [1.807, 2.05) is 0 Å². The fourth-order valence-electron chi connectivity index (χ4n) is 2.24. The van der Waals surface area contributed by atoms with Crippen molar-refractivity contribution in [2.45, 2.75) is 62.2 Å². The van der Waals surface area contributed by atoms with Crippen LogP contribution < -0.4 is 5.32 Å². The van der Waals surface area contributed by atoms with Gasteiger partial charge in [0.1, 0.15) is 24.4 Å². The molecule has 8 heteroatoms. The molecule has 0 saturated heterocycles. The molecular formula is C12H23NO7. The zero-order valence-electron chi connectivity index (χ0n) is 11.1. The smallest absolute Gasteiger partial charge is 0.251 e. The van der Waals surface area contributed by atoms with E-state index in [0.717, 1.165) is 25.7 Å². The molecule has 118 valence electrons. The molecule has 0 radical (unpaired) electrons. The van der Waals surface area contributed by atoms with E-state index >= 15 is 0 Å². The number of rotatable bonds is 7. The van der Waals surface area contributed by atoms with Gasteiger partial charge in [0.25, 0.3) is 5.91 Å². The molecule has 0 aromatic rings. The highest BCUT2D eigenvalue weighted by molar-refractivity contribution is 5.81. The summed E-state index contributed by atoms with van der Waals surface area (Å²) in [4.78, 5) is 11.7. The minimum absolute atomic E-state index is 0.0607. The monoisotopic (exact) mass is 293 g/mol. The van der Waals surface area contributed by atoms with Gasteiger partial charge in [-0.2, -0.15) is 0 Å².